The van der Waals surface area contributed by atoms with Crippen molar-refractivity contribution in [3.05, 3.63) is 278 Å². The Morgan fingerprint density at radius 1 is 0.369 bits per heavy atom. The van der Waals surface area contributed by atoms with E-state index >= 15 is 0 Å². The fourth-order valence-corrected chi connectivity index (χ4v) is 13.9. The summed E-state index contributed by atoms with van der Waals surface area (Å²) in [7, 11) is 0. The molecular weight excluding hydrogens is 1040 g/mol. The number of aromatic nitrogens is 3. The Bertz CT molecular complexity index is 5240. The number of furan rings is 2. The molecule has 1 aliphatic rings. The number of thiophene rings is 1. The van der Waals surface area contributed by atoms with Gasteiger partial charge in [0.1, 0.15) is 28.7 Å². The van der Waals surface area contributed by atoms with Gasteiger partial charge in [0.05, 0.1) is 32.7 Å². The van der Waals surface area contributed by atoms with E-state index in [-0.39, 0.29) is 5.41 Å². The standard InChI is InChI=1S/C46H33NO.C32H18N2OS/c1-46(2)26-25-38-40(46)29-39-37-20-12-19-36(44(37)48-45(39)43(38)34-17-10-5-11-18-34)35-27-41(32-15-8-4-9-16-32)47-42(28-35)33-23-21-31(22-24-33)30-13-6-3-7-14-30;1-3-10-19(11-4-1)21-16-9-17-24-25-22-14-7-8-15-23(22)31-26(30(25)35-29(21)24)28-32(36-31)27(33-18-34-28)20-12-5-2-6-13-20/h3-29H,1-2H3;1-18H. The zero-order valence-corrected chi connectivity index (χ0v) is 46.9. The first kappa shape index (κ1) is 49.3. The minimum Gasteiger partial charge on any atom is -0.455 e. The number of rotatable bonds is 7. The van der Waals surface area contributed by atoms with Crippen molar-refractivity contribution in [2.24, 2.45) is 0 Å². The fourth-order valence-electron chi connectivity index (χ4n) is 12.6. The minimum absolute atomic E-state index is 0.0606. The summed E-state index contributed by atoms with van der Waals surface area (Å²) in [5, 5.41) is 8.02. The van der Waals surface area contributed by atoms with E-state index in [1.807, 2.05) is 24.3 Å². The fraction of sp³-hybridized carbons (Fsp3) is 0.0385. The Hall–Kier alpha value is -10.5. The molecule has 84 heavy (non-hydrogen) atoms. The molecule has 0 spiro atoms. The van der Waals surface area contributed by atoms with E-state index in [0.717, 1.165) is 121 Å². The van der Waals surface area contributed by atoms with Crippen LogP contribution in [0.25, 0.3) is 159 Å². The van der Waals surface area contributed by atoms with Gasteiger partial charge < -0.3 is 8.83 Å². The Balaban J connectivity index is 0.000000143. The summed E-state index contributed by atoms with van der Waals surface area (Å²) < 4.78 is 16.1. The molecule has 1 aliphatic carbocycles. The first-order chi connectivity index (χ1) is 41.4. The van der Waals surface area contributed by atoms with Crippen molar-refractivity contribution in [3.8, 4) is 78.3 Å². The lowest BCUT2D eigenvalue weighted by atomic mass is 9.83. The van der Waals surface area contributed by atoms with Crippen LogP contribution in [0.3, 0.4) is 0 Å². The molecule has 0 radical (unpaired) electrons. The molecule has 5 nitrogen and oxygen atoms in total. The van der Waals surface area contributed by atoms with Crippen LogP contribution in [-0.4, -0.2) is 15.0 Å². The SMILES string of the molecule is CC1(C)C=Cc2c1cc1c(oc3c(-c4cc(-c5ccccc5)nc(-c5ccc(-c6ccccc6)cc5)c4)cccc31)c2-c1ccccc1.c1ccc(-c2cccc3c2oc2c3c3ccccc3c3sc4c(-c5ccccc5)ncnc4c23)cc1. The summed E-state index contributed by atoms with van der Waals surface area (Å²) in [6.07, 6.45) is 6.26. The Labute approximate surface area is 489 Å². The van der Waals surface area contributed by atoms with Gasteiger partial charge in [0.2, 0.25) is 0 Å². The van der Waals surface area contributed by atoms with Gasteiger partial charge in [-0.05, 0) is 62.5 Å². The molecule has 6 heteroatoms. The highest BCUT2D eigenvalue weighted by molar-refractivity contribution is 7.27. The molecule has 11 aromatic carbocycles. The lowest BCUT2D eigenvalue weighted by Gasteiger charge is -2.19. The first-order valence-corrected chi connectivity index (χ1v) is 29.3. The average Bonchev–Trinajstić information content (AvgIpc) is 1.78. The smallest absolute Gasteiger partial charge is 0.146 e. The van der Waals surface area contributed by atoms with Crippen molar-refractivity contribution in [3.63, 3.8) is 0 Å². The molecule has 16 aromatic rings. The van der Waals surface area contributed by atoms with Gasteiger partial charge in [-0.1, -0.05) is 263 Å². The van der Waals surface area contributed by atoms with Gasteiger partial charge >= 0.3 is 0 Å². The second kappa shape index (κ2) is 19.9. The minimum atomic E-state index is -0.0606. The van der Waals surface area contributed by atoms with Gasteiger partial charge in [0, 0.05) is 70.4 Å². The molecule has 5 aromatic heterocycles. The third kappa shape index (κ3) is 8.17. The third-order valence-electron chi connectivity index (χ3n) is 16.7. The zero-order valence-electron chi connectivity index (χ0n) is 46.0. The number of benzene rings is 11. The van der Waals surface area contributed by atoms with Crippen molar-refractivity contribution in [1.82, 2.24) is 15.0 Å². The quantitative estimate of drug-likeness (QED) is 0.159. The van der Waals surface area contributed by atoms with Crippen molar-refractivity contribution in [2.75, 3.05) is 0 Å². The molecule has 396 valence electrons. The molecule has 0 amide bonds. The van der Waals surface area contributed by atoms with Gasteiger partial charge in [-0.2, -0.15) is 0 Å². The van der Waals surface area contributed by atoms with Gasteiger partial charge in [-0.15, -0.1) is 11.3 Å². The van der Waals surface area contributed by atoms with Gasteiger partial charge in [-0.25, -0.2) is 15.0 Å². The van der Waals surface area contributed by atoms with Crippen LogP contribution < -0.4 is 0 Å². The molecule has 0 saturated heterocycles. The van der Waals surface area contributed by atoms with E-state index in [2.05, 4.69) is 257 Å². The van der Waals surface area contributed by atoms with Crippen LogP contribution in [0.1, 0.15) is 25.0 Å². The Morgan fingerprint density at radius 2 is 0.881 bits per heavy atom. The average molecular weight is 1090 g/mol. The molecule has 0 N–H and O–H groups in total. The molecular formula is C78H51N3O2S. The number of hydrogen-bond acceptors (Lipinski definition) is 6. The first-order valence-electron chi connectivity index (χ1n) is 28.5. The molecule has 5 heterocycles. The highest BCUT2D eigenvalue weighted by Crippen LogP contribution is 2.51. The van der Waals surface area contributed by atoms with E-state index in [1.165, 1.54) is 43.3 Å². The topological polar surface area (TPSA) is 65.0 Å². The van der Waals surface area contributed by atoms with Gasteiger partial charge in [0.25, 0.3) is 0 Å². The molecule has 0 atom stereocenters. The predicted octanol–water partition coefficient (Wildman–Crippen LogP) is 21.9. The number of fused-ring (bicyclic) bond motifs is 14. The maximum absolute atomic E-state index is 7.02. The number of nitrogens with zero attached hydrogens (tertiary/aromatic N) is 3. The summed E-state index contributed by atoms with van der Waals surface area (Å²) in [4.78, 5) is 14.7. The number of allylic oxidation sites excluding steroid dienone is 1. The molecule has 0 aliphatic heterocycles. The van der Waals surface area contributed by atoms with Crippen LogP contribution >= 0.6 is 11.3 Å². The molecule has 0 bridgehead atoms. The summed E-state index contributed by atoms with van der Waals surface area (Å²) in [6.45, 7) is 4.58. The maximum Gasteiger partial charge on any atom is 0.146 e. The number of pyridine rings is 1. The van der Waals surface area contributed by atoms with Gasteiger partial charge in [0.15, 0.2) is 0 Å². The molecule has 0 saturated carbocycles. The number of para-hydroxylation sites is 2. The van der Waals surface area contributed by atoms with Crippen molar-refractivity contribution >= 4 is 92.4 Å². The van der Waals surface area contributed by atoms with Crippen LogP contribution in [0.15, 0.2) is 276 Å². The lowest BCUT2D eigenvalue weighted by Crippen LogP contribution is -2.11. The van der Waals surface area contributed by atoms with E-state index in [4.69, 9.17) is 23.8 Å². The monoisotopic (exact) mass is 1090 g/mol. The highest BCUT2D eigenvalue weighted by Gasteiger charge is 2.31. The van der Waals surface area contributed by atoms with Crippen LogP contribution in [0.5, 0.6) is 0 Å². The molecule has 0 unspecified atom stereocenters. The second-order valence-electron chi connectivity index (χ2n) is 22.2. The zero-order chi connectivity index (χ0) is 55.9. The van der Waals surface area contributed by atoms with E-state index in [1.54, 1.807) is 17.7 Å². The lowest BCUT2D eigenvalue weighted by molar-refractivity contribution is 0.667. The van der Waals surface area contributed by atoms with Crippen molar-refractivity contribution < 1.29 is 8.83 Å². The van der Waals surface area contributed by atoms with Crippen LogP contribution in [0, 0.1) is 0 Å². The van der Waals surface area contributed by atoms with E-state index in [0.29, 0.717) is 0 Å². The van der Waals surface area contributed by atoms with Gasteiger partial charge in [-0.3, -0.25) is 0 Å². The van der Waals surface area contributed by atoms with E-state index in [9.17, 15) is 0 Å². The predicted molar refractivity (Wildman–Crippen MR) is 351 cm³/mol. The van der Waals surface area contributed by atoms with Crippen molar-refractivity contribution in [1.29, 1.82) is 0 Å². The third-order valence-corrected chi connectivity index (χ3v) is 18.0. The number of hydrogen-bond donors (Lipinski definition) is 0. The largest absolute Gasteiger partial charge is 0.455 e. The van der Waals surface area contributed by atoms with Crippen LogP contribution in [-0.2, 0) is 5.41 Å². The summed E-state index contributed by atoms with van der Waals surface area (Å²) in [5.74, 6) is 0. The van der Waals surface area contributed by atoms with Crippen LogP contribution in [0.2, 0.25) is 0 Å². The maximum atomic E-state index is 7.02. The van der Waals surface area contributed by atoms with Crippen LogP contribution in [0.4, 0.5) is 0 Å². The summed E-state index contributed by atoms with van der Waals surface area (Å²) >= 11 is 1.75. The molecule has 17 rings (SSSR count). The van der Waals surface area contributed by atoms with Crippen molar-refractivity contribution in [2.45, 2.75) is 19.3 Å². The normalized spacial score (nSPS) is 12.7. The summed E-state index contributed by atoms with van der Waals surface area (Å²) in [5.41, 5.74) is 22.2. The summed E-state index contributed by atoms with van der Waals surface area (Å²) in [6, 6.07) is 89.4. The Kier molecular flexibility index (Phi) is 11.7. The molecule has 0 fully saturated rings. The Morgan fingerprint density at radius 3 is 1.56 bits per heavy atom. The second-order valence-corrected chi connectivity index (χ2v) is 23.2. The highest BCUT2D eigenvalue weighted by atomic mass is 32.1. The van der Waals surface area contributed by atoms with E-state index < -0.39 is 0 Å².